The molecule has 0 bridgehead atoms. The molecule has 1 aliphatic heterocycles. The lowest BCUT2D eigenvalue weighted by Crippen LogP contribution is -2.42. The molecule has 4 nitrogen and oxygen atoms in total. The molecule has 1 saturated carbocycles. The van der Waals surface area contributed by atoms with Crippen molar-refractivity contribution in [1.82, 2.24) is 0 Å². The van der Waals surface area contributed by atoms with Crippen molar-refractivity contribution in [3.05, 3.63) is 75.4 Å². The summed E-state index contributed by atoms with van der Waals surface area (Å²) in [6.07, 6.45) is 2.71. The van der Waals surface area contributed by atoms with E-state index in [2.05, 4.69) is 15.9 Å². The van der Waals surface area contributed by atoms with Crippen LogP contribution >= 0.6 is 27.5 Å². The maximum atomic E-state index is 13.0. The van der Waals surface area contributed by atoms with E-state index in [1.807, 2.05) is 18.2 Å². The van der Waals surface area contributed by atoms with Crippen LogP contribution in [0.3, 0.4) is 0 Å². The molecule has 0 N–H and O–H groups in total. The molecule has 2 aromatic carbocycles. The summed E-state index contributed by atoms with van der Waals surface area (Å²) in [7, 11) is 0. The first-order valence-electron chi connectivity index (χ1n) is 9.14. The van der Waals surface area contributed by atoms with Gasteiger partial charge in [-0.3, -0.25) is 4.79 Å². The predicted molar refractivity (Wildman–Crippen MR) is 110 cm³/mol. The molecule has 0 aromatic heterocycles. The van der Waals surface area contributed by atoms with Gasteiger partial charge in [-0.2, -0.15) is 0 Å². The molecule has 0 spiro atoms. The molecule has 1 aliphatic carbocycles. The van der Waals surface area contributed by atoms with E-state index in [9.17, 15) is 9.59 Å². The van der Waals surface area contributed by atoms with Gasteiger partial charge < -0.3 is 9.47 Å². The van der Waals surface area contributed by atoms with Gasteiger partial charge in [-0.1, -0.05) is 45.7 Å². The molecule has 4 rings (SSSR count). The molecule has 2 aliphatic rings. The minimum atomic E-state index is -0.356. The average Bonchev–Trinajstić information content (AvgIpc) is 2.69. The molecule has 3 unspecified atom stereocenters. The Kier molecular flexibility index (Phi) is 5.56. The molecule has 0 saturated heterocycles. The number of esters is 1. The van der Waals surface area contributed by atoms with Crippen molar-refractivity contribution in [2.45, 2.75) is 31.5 Å². The van der Waals surface area contributed by atoms with Crippen molar-refractivity contribution in [2.75, 3.05) is 0 Å². The molecule has 6 heteroatoms. The largest absolute Gasteiger partial charge is 0.496 e. The number of halogens is 2. The zero-order chi connectivity index (χ0) is 19.7. The molecule has 28 heavy (non-hydrogen) atoms. The summed E-state index contributed by atoms with van der Waals surface area (Å²) in [5, 5.41) is 0.529. The number of carbonyl (C=O) groups is 2. The molecule has 2 aromatic rings. The normalized spacial score (nSPS) is 24.0. The molecule has 3 atom stereocenters. The number of allylic oxidation sites excluding steroid dienone is 1. The van der Waals surface area contributed by atoms with E-state index in [0.717, 1.165) is 4.47 Å². The maximum absolute atomic E-state index is 13.0. The highest BCUT2D eigenvalue weighted by molar-refractivity contribution is 9.10. The van der Waals surface area contributed by atoms with E-state index >= 15 is 0 Å². The van der Waals surface area contributed by atoms with Crippen LogP contribution in [0.15, 0.2) is 59.3 Å². The van der Waals surface area contributed by atoms with E-state index < -0.39 is 0 Å². The van der Waals surface area contributed by atoms with Gasteiger partial charge in [0.15, 0.2) is 5.78 Å². The summed E-state index contributed by atoms with van der Waals surface area (Å²) in [6.45, 7) is 0. The van der Waals surface area contributed by atoms with Crippen molar-refractivity contribution < 1.29 is 19.1 Å². The fourth-order valence-corrected chi connectivity index (χ4v) is 4.25. The van der Waals surface area contributed by atoms with Crippen LogP contribution in [0.5, 0.6) is 0 Å². The molecule has 144 valence electrons. The van der Waals surface area contributed by atoms with E-state index in [1.54, 1.807) is 30.3 Å². The summed E-state index contributed by atoms with van der Waals surface area (Å²) in [5.74, 6) is -0.550. The van der Waals surface area contributed by atoms with Crippen LogP contribution in [0.2, 0.25) is 5.02 Å². The van der Waals surface area contributed by atoms with Gasteiger partial charge in [0, 0.05) is 21.5 Å². The second-order valence-corrected chi connectivity index (χ2v) is 8.33. The van der Waals surface area contributed by atoms with Gasteiger partial charge in [0.1, 0.15) is 12.2 Å². The lowest BCUT2D eigenvalue weighted by Gasteiger charge is -2.37. The third-order valence-corrected chi connectivity index (χ3v) is 6.08. The second kappa shape index (κ2) is 8.10. The van der Waals surface area contributed by atoms with E-state index in [4.69, 9.17) is 21.1 Å². The number of rotatable bonds is 3. The van der Waals surface area contributed by atoms with Crippen LogP contribution in [0.4, 0.5) is 0 Å². The van der Waals surface area contributed by atoms with Gasteiger partial charge in [-0.05, 0) is 43.2 Å². The fourth-order valence-electron chi connectivity index (χ4n) is 3.74. The van der Waals surface area contributed by atoms with Crippen molar-refractivity contribution >= 4 is 44.9 Å². The van der Waals surface area contributed by atoms with E-state index in [1.165, 1.54) is 6.26 Å². The zero-order valence-corrected chi connectivity index (χ0v) is 17.3. The highest BCUT2D eigenvalue weighted by atomic mass is 79.9. The predicted octanol–water partition coefficient (Wildman–Crippen LogP) is 5.44. The zero-order valence-electron chi connectivity index (χ0n) is 14.9. The number of benzene rings is 2. The van der Waals surface area contributed by atoms with Gasteiger partial charge >= 0.3 is 5.97 Å². The fraction of sp³-hybridized carbons (Fsp3) is 0.273. The summed E-state index contributed by atoms with van der Waals surface area (Å²) >= 11 is 9.59. The quantitative estimate of drug-likeness (QED) is 0.571. The molecule has 1 fully saturated rings. The minimum absolute atomic E-state index is 0.0436. The number of hydrogen-bond acceptors (Lipinski definition) is 4. The van der Waals surface area contributed by atoms with Crippen molar-refractivity contribution in [3.8, 4) is 0 Å². The van der Waals surface area contributed by atoms with Crippen molar-refractivity contribution in [1.29, 1.82) is 0 Å². The van der Waals surface area contributed by atoms with Crippen LogP contribution in [0, 0.1) is 5.92 Å². The number of hydrogen-bond donors (Lipinski definition) is 0. The first-order chi connectivity index (χ1) is 13.5. The standard InChI is InChI=1S/C22H18BrClO4/c23-14-7-5-13(6-8-14)22(26)28-15-9-10-17-20(11-15)27-12-18(21(17)25)16-3-1-2-4-19(16)24/h1-8,12,15,17,20H,9-11H2. The van der Waals surface area contributed by atoms with Crippen LogP contribution < -0.4 is 0 Å². The maximum Gasteiger partial charge on any atom is 0.338 e. The van der Waals surface area contributed by atoms with Crippen LogP contribution in [-0.2, 0) is 14.3 Å². The van der Waals surface area contributed by atoms with Gasteiger partial charge in [0.2, 0.25) is 0 Å². The summed E-state index contributed by atoms with van der Waals surface area (Å²) in [6, 6.07) is 14.3. The Hall–Kier alpha value is -2.11. The molecule has 1 heterocycles. The molecule has 0 radical (unpaired) electrons. The molecular weight excluding hydrogens is 444 g/mol. The minimum Gasteiger partial charge on any atom is -0.496 e. The highest BCUT2D eigenvalue weighted by Crippen LogP contribution is 2.38. The Balaban J connectivity index is 1.44. The average molecular weight is 462 g/mol. The Morgan fingerprint density at radius 2 is 1.86 bits per heavy atom. The first kappa shape index (κ1) is 19.2. The van der Waals surface area contributed by atoms with Crippen molar-refractivity contribution in [2.24, 2.45) is 5.92 Å². The summed E-state index contributed by atoms with van der Waals surface area (Å²) in [4.78, 5) is 25.3. The Bertz CT molecular complexity index is 938. The number of Topliss-reactive ketones (excluding diaryl/α,β-unsaturated/α-hetero) is 1. The SMILES string of the molecule is O=C(OC1CCC2C(=O)C(c3ccccc3Cl)=COC2C1)c1ccc(Br)cc1. The lowest BCUT2D eigenvalue weighted by atomic mass is 9.78. The Labute approximate surface area is 176 Å². The van der Waals surface area contributed by atoms with Gasteiger partial charge in [0.25, 0.3) is 0 Å². The Morgan fingerprint density at radius 3 is 2.61 bits per heavy atom. The van der Waals surface area contributed by atoms with Crippen LogP contribution in [0.1, 0.15) is 35.2 Å². The van der Waals surface area contributed by atoms with Crippen LogP contribution in [-0.4, -0.2) is 24.0 Å². The third kappa shape index (κ3) is 3.87. The number of ether oxygens (including phenoxy) is 2. The number of fused-ring (bicyclic) bond motifs is 1. The molecular formula is C22H18BrClO4. The smallest absolute Gasteiger partial charge is 0.338 e. The summed E-state index contributed by atoms with van der Waals surface area (Å²) < 4.78 is 12.4. The lowest BCUT2D eigenvalue weighted by molar-refractivity contribution is -0.126. The first-order valence-corrected chi connectivity index (χ1v) is 10.3. The van der Waals surface area contributed by atoms with Gasteiger partial charge in [-0.15, -0.1) is 0 Å². The second-order valence-electron chi connectivity index (χ2n) is 7.00. The monoisotopic (exact) mass is 460 g/mol. The summed E-state index contributed by atoms with van der Waals surface area (Å²) in [5.41, 5.74) is 1.71. The van der Waals surface area contributed by atoms with Crippen LogP contribution in [0.25, 0.3) is 5.57 Å². The Morgan fingerprint density at radius 1 is 1.11 bits per heavy atom. The van der Waals surface area contributed by atoms with Gasteiger partial charge in [-0.25, -0.2) is 4.79 Å². The highest BCUT2D eigenvalue weighted by Gasteiger charge is 2.41. The topological polar surface area (TPSA) is 52.6 Å². The van der Waals surface area contributed by atoms with E-state index in [0.29, 0.717) is 41.0 Å². The van der Waals surface area contributed by atoms with Crippen molar-refractivity contribution in [3.63, 3.8) is 0 Å². The number of carbonyl (C=O) groups excluding carboxylic acids is 2. The third-order valence-electron chi connectivity index (χ3n) is 5.22. The van der Waals surface area contributed by atoms with E-state index in [-0.39, 0.29) is 29.9 Å². The van der Waals surface area contributed by atoms with Gasteiger partial charge in [0.05, 0.1) is 23.3 Å². The number of ketones is 1. The molecule has 0 amide bonds.